The average molecular weight is 690 g/mol. The van der Waals surface area contributed by atoms with E-state index in [2.05, 4.69) is 42.5 Å². The smallest absolute Gasteiger partial charge is 0.270 e. The molecule has 1 aliphatic rings. The fourth-order valence-electron chi connectivity index (χ4n) is 6.77. The molecule has 7 heteroatoms. The second kappa shape index (κ2) is 13.3. The quantitative estimate of drug-likeness (QED) is 0.155. The second-order valence-electron chi connectivity index (χ2n) is 12.5. The van der Waals surface area contributed by atoms with Crippen LogP contribution in [0.15, 0.2) is 194 Å². The van der Waals surface area contributed by atoms with Crippen molar-refractivity contribution in [2.45, 2.75) is 0 Å². The van der Waals surface area contributed by atoms with Gasteiger partial charge in [0.25, 0.3) is 0 Å². The van der Waals surface area contributed by atoms with Gasteiger partial charge in [-0.2, -0.15) is 0 Å². The van der Waals surface area contributed by atoms with Crippen LogP contribution in [0.4, 0.5) is 22.7 Å². The molecule has 0 N–H and O–H groups in total. The molecule has 0 fully saturated rings. The number of fused-ring (bicyclic) bond motifs is 1. The van der Waals surface area contributed by atoms with Crippen LogP contribution < -0.4 is 14.6 Å². The van der Waals surface area contributed by atoms with Crippen LogP contribution in [0.3, 0.4) is 0 Å². The highest BCUT2D eigenvalue weighted by atomic mass is 31.2. The normalized spacial score (nSPS) is 15.0. The van der Waals surface area contributed by atoms with Crippen LogP contribution >= 0.6 is 7.44 Å². The van der Waals surface area contributed by atoms with Gasteiger partial charge in [-0.3, -0.25) is 13.9 Å². The van der Waals surface area contributed by atoms with Crippen molar-refractivity contribution in [2.24, 2.45) is 0 Å². The molecule has 0 saturated heterocycles. The predicted molar refractivity (Wildman–Crippen MR) is 212 cm³/mol. The Morgan fingerprint density at radius 1 is 0.346 bits per heavy atom. The number of para-hydroxylation sites is 2. The maximum atomic E-state index is 15.9. The predicted octanol–water partition coefficient (Wildman–Crippen LogP) is 11.3. The SMILES string of the molecule is O=P1(c2ccccc2)N(c2ccccc2)c2ccc(-c3ccc(-c4nc(-c5ccccc5)nc(-c5ccccc5)n4)cc3)cc2N1c1ccccc1. The lowest BCUT2D eigenvalue weighted by molar-refractivity contribution is 0.582. The molecule has 1 aliphatic heterocycles. The van der Waals surface area contributed by atoms with E-state index in [0.717, 1.165) is 55.9 Å². The number of hydrogen-bond acceptors (Lipinski definition) is 4. The van der Waals surface area contributed by atoms with Crippen LogP contribution in [0.2, 0.25) is 0 Å². The van der Waals surface area contributed by atoms with E-state index in [1.54, 1.807) is 0 Å². The van der Waals surface area contributed by atoms with E-state index in [1.807, 2.05) is 161 Å². The molecule has 248 valence electrons. The molecule has 1 aromatic heterocycles. The third-order valence-electron chi connectivity index (χ3n) is 9.24. The van der Waals surface area contributed by atoms with Crippen molar-refractivity contribution < 1.29 is 4.57 Å². The maximum Gasteiger partial charge on any atom is 0.301 e. The molecule has 52 heavy (non-hydrogen) atoms. The van der Waals surface area contributed by atoms with Crippen LogP contribution in [-0.2, 0) is 4.57 Å². The van der Waals surface area contributed by atoms with Crippen LogP contribution in [0.25, 0.3) is 45.3 Å². The lowest BCUT2D eigenvalue weighted by Crippen LogP contribution is -2.26. The van der Waals surface area contributed by atoms with E-state index in [4.69, 9.17) is 15.0 Å². The number of nitrogens with zero attached hydrogens (tertiary/aromatic N) is 5. The van der Waals surface area contributed by atoms with Crippen molar-refractivity contribution in [1.29, 1.82) is 0 Å². The summed E-state index contributed by atoms with van der Waals surface area (Å²) in [6.45, 7) is 0. The first-order valence-corrected chi connectivity index (χ1v) is 18.8. The van der Waals surface area contributed by atoms with E-state index < -0.39 is 7.44 Å². The Balaban J connectivity index is 1.15. The largest absolute Gasteiger partial charge is 0.301 e. The van der Waals surface area contributed by atoms with Gasteiger partial charge in [0, 0.05) is 28.1 Å². The summed E-state index contributed by atoms with van der Waals surface area (Å²) in [5.41, 5.74) is 8.26. The van der Waals surface area contributed by atoms with E-state index in [0.29, 0.717) is 17.5 Å². The van der Waals surface area contributed by atoms with Gasteiger partial charge in [-0.15, -0.1) is 0 Å². The number of anilines is 4. The summed E-state index contributed by atoms with van der Waals surface area (Å²) in [6, 6.07) is 64.5. The highest BCUT2D eigenvalue weighted by Crippen LogP contribution is 2.70. The Morgan fingerprint density at radius 3 is 1.19 bits per heavy atom. The summed E-state index contributed by atoms with van der Waals surface area (Å²) < 4.78 is 19.9. The van der Waals surface area contributed by atoms with E-state index in [9.17, 15) is 0 Å². The van der Waals surface area contributed by atoms with E-state index in [-0.39, 0.29) is 0 Å². The summed E-state index contributed by atoms with van der Waals surface area (Å²) >= 11 is 0. The molecule has 2 heterocycles. The zero-order chi connectivity index (χ0) is 34.9. The number of benzene rings is 7. The first kappa shape index (κ1) is 31.4. The average Bonchev–Trinajstić information content (AvgIpc) is 3.50. The maximum absolute atomic E-state index is 15.9. The molecule has 0 aliphatic carbocycles. The van der Waals surface area contributed by atoms with Crippen molar-refractivity contribution in [3.05, 3.63) is 194 Å². The van der Waals surface area contributed by atoms with Gasteiger partial charge in [0.1, 0.15) is 0 Å². The Kier molecular flexibility index (Phi) is 8.00. The third kappa shape index (κ3) is 5.56. The van der Waals surface area contributed by atoms with Gasteiger partial charge in [0.2, 0.25) is 0 Å². The van der Waals surface area contributed by atoms with Gasteiger partial charge in [-0.05, 0) is 59.7 Å². The molecule has 1 atom stereocenters. The molecule has 7 aromatic carbocycles. The summed E-state index contributed by atoms with van der Waals surface area (Å²) in [4.78, 5) is 14.7. The van der Waals surface area contributed by atoms with Gasteiger partial charge < -0.3 is 0 Å². The fraction of sp³-hybridized carbons (Fsp3) is 0. The minimum Gasteiger partial charge on any atom is -0.270 e. The lowest BCUT2D eigenvalue weighted by Gasteiger charge is -2.33. The molecule has 6 nitrogen and oxygen atoms in total. The highest BCUT2D eigenvalue weighted by molar-refractivity contribution is 7.76. The molecule has 0 radical (unpaired) electrons. The van der Waals surface area contributed by atoms with Crippen LogP contribution in [0, 0.1) is 0 Å². The molecule has 0 spiro atoms. The zero-order valence-electron chi connectivity index (χ0n) is 28.1. The summed E-state index contributed by atoms with van der Waals surface area (Å²) in [7, 11) is -3.44. The van der Waals surface area contributed by atoms with Gasteiger partial charge in [-0.25, -0.2) is 15.0 Å². The third-order valence-corrected chi connectivity index (χ3v) is 12.2. The topological polar surface area (TPSA) is 62.2 Å². The van der Waals surface area contributed by atoms with Gasteiger partial charge in [0.05, 0.1) is 16.7 Å². The summed E-state index contributed by atoms with van der Waals surface area (Å²) in [6.07, 6.45) is 0. The van der Waals surface area contributed by atoms with Crippen LogP contribution in [0.1, 0.15) is 0 Å². The minimum atomic E-state index is -3.44. The van der Waals surface area contributed by atoms with Crippen molar-refractivity contribution in [3.8, 4) is 45.3 Å². The first-order chi connectivity index (χ1) is 25.7. The molecule has 1 unspecified atom stereocenters. The second-order valence-corrected chi connectivity index (χ2v) is 14.9. The van der Waals surface area contributed by atoms with E-state index in [1.165, 1.54) is 0 Å². The molecule has 8 aromatic rings. The highest BCUT2D eigenvalue weighted by Gasteiger charge is 2.49. The van der Waals surface area contributed by atoms with Crippen molar-refractivity contribution in [1.82, 2.24) is 15.0 Å². The van der Waals surface area contributed by atoms with Crippen LogP contribution in [-0.4, -0.2) is 15.0 Å². The first-order valence-electron chi connectivity index (χ1n) is 17.2. The standard InChI is InChI=1S/C45H32N5OP/c51-52(40-24-14-5-15-25-40)49(38-20-10-3-11-21-38)41-31-30-37(32-42(41)50(52)39-22-12-4-13-23-39)33-26-28-36(29-27-33)45-47-43(34-16-6-1-7-17-34)46-44(48-45)35-18-8-2-9-19-35/h1-32H. The molecule has 0 saturated carbocycles. The van der Waals surface area contributed by atoms with Crippen LogP contribution in [0.5, 0.6) is 0 Å². The number of rotatable bonds is 7. The molecule has 0 amide bonds. The molecule has 9 rings (SSSR count). The molecular weight excluding hydrogens is 658 g/mol. The minimum absolute atomic E-state index is 0.603. The molecular formula is C45H32N5OP. The number of aromatic nitrogens is 3. The van der Waals surface area contributed by atoms with Crippen molar-refractivity contribution in [3.63, 3.8) is 0 Å². The van der Waals surface area contributed by atoms with Gasteiger partial charge in [-0.1, -0.05) is 146 Å². The lowest BCUT2D eigenvalue weighted by atomic mass is 10.0. The van der Waals surface area contributed by atoms with Gasteiger partial charge in [0.15, 0.2) is 17.5 Å². The number of hydrogen-bond donors (Lipinski definition) is 0. The van der Waals surface area contributed by atoms with Gasteiger partial charge >= 0.3 is 7.44 Å². The molecule has 0 bridgehead atoms. The van der Waals surface area contributed by atoms with E-state index >= 15 is 4.57 Å². The zero-order valence-corrected chi connectivity index (χ0v) is 29.0. The summed E-state index contributed by atoms with van der Waals surface area (Å²) in [5, 5.41) is 0.756. The van der Waals surface area contributed by atoms with Crippen molar-refractivity contribution >= 4 is 35.5 Å². The Hall–Kier alpha value is -6.62. The monoisotopic (exact) mass is 689 g/mol. The fourth-order valence-corrected chi connectivity index (χ4v) is 9.77. The Morgan fingerprint density at radius 2 is 0.712 bits per heavy atom. The van der Waals surface area contributed by atoms with Crippen molar-refractivity contribution in [2.75, 3.05) is 9.34 Å². The Bertz CT molecular complexity index is 2480. The Labute approximate surface area is 302 Å². The summed E-state index contributed by atoms with van der Waals surface area (Å²) in [5.74, 6) is 1.85.